The first kappa shape index (κ1) is 11.7. The number of hydrogen-bond donors (Lipinski definition) is 0. The van der Waals surface area contributed by atoms with E-state index in [2.05, 4.69) is 4.90 Å². The third-order valence-corrected chi connectivity index (χ3v) is 2.94. The predicted molar refractivity (Wildman–Crippen MR) is 63.1 cm³/mol. The van der Waals surface area contributed by atoms with Crippen LogP contribution >= 0.6 is 0 Å². The number of Topliss-reactive ketones (excluding diaryl/α,β-unsaturated/α-hetero) is 1. The van der Waals surface area contributed by atoms with Crippen molar-refractivity contribution in [2.45, 2.75) is 12.8 Å². The molecule has 2 rings (SSSR count). The Labute approximate surface area is 99.2 Å². The first-order valence-corrected chi connectivity index (χ1v) is 5.67. The fraction of sp³-hybridized carbons (Fsp3) is 0.417. The SMILES string of the molecule is O=C(CN1CCCC1)c1cccc([N+](=O)[O-])c1. The van der Waals surface area contributed by atoms with Gasteiger partial charge in [0, 0.05) is 17.7 Å². The summed E-state index contributed by atoms with van der Waals surface area (Å²) in [4.78, 5) is 24.1. The Morgan fingerprint density at radius 2 is 2.06 bits per heavy atom. The van der Waals surface area contributed by atoms with Crippen molar-refractivity contribution in [2.24, 2.45) is 0 Å². The molecule has 0 aliphatic carbocycles. The van der Waals surface area contributed by atoms with E-state index in [9.17, 15) is 14.9 Å². The average Bonchev–Trinajstić information content (AvgIpc) is 2.82. The van der Waals surface area contributed by atoms with Crippen molar-refractivity contribution < 1.29 is 9.72 Å². The topological polar surface area (TPSA) is 63.5 Å². The number of non-ortho nitro benzene ring substituents is 1. The van der Waals surface area contributed by atoms with Gasteiger partial charge in [-0.1, -0.05) is 12.1 Å². The summed E-state index contributed by atoms with van der Waals surface area (Å²) in [5.74, 6) is -0.0457. The summed E-state index contributed by atoms with van der Waals surface area (Å²) in [6.45, 7) is 2.25. The molecular weight excluding hydrogens is 220 g/mol. The second-order valence-electron chi connectivity index (χ2n) is 4.21. The van der Waals surface area contributed by atoms with Crippen LogP contribution in [0.5, 0.6) is 0 Å². The van der Waals surface area contributed by atoms with E-state index >= 15 is 0 Å². The summed E-state index contributed by atoms with van der Waals surface area (Å²) in [5.41, 5.74) is 0.392. The molecule has 0 atom stereocenters. The lowest BCUT2D eigenvalue weighted by molar-refractivity contribution is -0.384. The molecule has 0 radical (unpaired) electrons. The van der Waals surface area contributed by atoms with Crippen LogP contribution in [-0.2, 0) is 0 Å². The largest absolute Gasteiger partial charge is 0.296 e. The Morgan fingerprint density at radius 1 is 1.35 bits per heavy atom. The number of carbonyl (C=O) groups is 1. The average molecular weight is 234 g/mol. The molecule has 0 spiro atoms. The smallest absolute Gasteiger partial charge is 0.270 e. The Morgan fingerprint density at radius 3 is 2.71 bits per heavy atom. The molecule has 0 bridgehead atoms. The van der Waals surface area contributed by atoms with Crippen LogP contribution in [0, 0.1) is 10.1 Å². The minimum Gasteiger partial charge on any atom is -0.296 e. The van der Waals surface area contributed by atoms with Crippen LogP contribution in [0.2, 0.25) is 0 Å². The van der Waals surface area contributed by atoms with E-state index in [0.717, 1.165) is 25.9 Å². The number of nitro groups is 1. The van der Waals surface area contributed by atoms with E-state index in [1.165, 1.54) is 12.1 Å². The van der Waals surface area contributed by atoms with Gasteiger partial charge in [0.2, 0.25) is 0 Å². The fourth-order valence-electron chi connectivity index (χ4n) is 2.03. The quantitative estimate of drug-likeness (QED) is 0.453. The molecule has 1 aliphatic heterocycles. The predicted octanol–water partition coefficient (Wildman–Crippen LogP) is 1.87. The van der Waals surface area contributed by atoms with Crippen LogP contribution in [0.3, 0.4) is 0 Å². The summed E-state index contributed by atoms with van der Waals surface area (Å²) in [6.07, 6.45) is 2.25. The summed E-state index contributed by atoms with van der Waals surface area (Å²) in [5, 5.41) is 10.6. The number of nitro benzene ring substituents is 1. The minimum absolute atomic E-state index is 0.0303. The van der Waals surface area contributed by atoms with Gasteiger partial charge in [0.15, 0.2) is 5.78 Å². The van der Waals surface area contributed by atoms with Crippen LogP contribution in [0.1, 0.15) is 23.2 Å². The number of rotatable bonds is 4. The Hall–Kier alpha value is -1.75. The van der Waals surface area contributed by atoms with Crippen molar-refractivity contribution in [3.05, 3.63) is 39.9 Å². The highest BCUT2D eigenvalue weighted by Crippen LogP contribution is 2.15. The number of hydrogen-bond acceptors (Lipinski definition) is 4. The molecule has 0 aromatic heterocycles. The molecule has 1 aliphatic rings. The summed E-state index contributed by atoms with van der Waals surface area (Å²) in [7, 11) is 0. The van der Waals surface area contributed by atoms with E-state index in [4.69, 9.17) is 0 Å². The van der Waals surface area contributed by atoms with Gasteiger partial charge in [-0.2, -0.15) is 0 Å². The van der Waals surface area contributed by atoms with Gasteiger partial charge < -0.3 is 0 Å². The van der Waals surface area contributed by atoms with Gasteiger partial charge >= 0.3 is 0 Å². The van der Waals surface area contributed by atoms with Crippen molar-refractivity contribution in [1.82, 2.24) is 4.90 Å². The highest BCUT2D eigenvalue weighted by atomic mass is 16.6. The molecule has 17 heavy (non-hydrogen) atoms. The summed E-state index contributed by atoms with van der Waals surface area (Å²) < 4.78 is 0. The lowest BCUT2D eigenvalue weighted by Crippen LogP contribution is -2.26. The number of ketones is 1. The van der Waals surface area contributed by atoms with E-state index in [-0.39, 0.29) is 11.5 Å². The zero-order valence-corrected chi connectivity index (χ0v) is 9.46. The standard InChI is InChI=1S/C12H14N2O3/c15-12(9-13-6-1-2-7-13)10-4-3-5-11(8-10)14(16)17/h3-5,8H,1-2,6-7,9H2. The fourth-order valence-corrected chi connectivity index (χ4v) is 2.03. The number of benzene rings is 1. The van der Waals surface area contributed by atoms with Crippen LogP contribution < -0.4 is 0 Å². The van der Waals surface area contributed by atoms with Gasteiger partial charge in [0.25, 0.3) is 5.69 Å². The van der Waals surface area contributed by atoms with E-state index in [0.29, 0.717) is 12.1 Å². The zero-order valence-electron chi connectivity index (χ0n) is 9.46. The maximum absolute atomic E-state index is 11.9. The molecule has 1 saturated heterocycles. The molecule has 0 unspecified atom stereocenters. The van der Waals surface area contributed by atoms with E-state index < -0.39 is 4.92 Å². The molecule has 5 nitrogen and oxygen atoms in total. The van der Waals surface area contributed by atoms with Gasteiger partial charge in [0.05, 0.1) is 11.5 Å². The van der Waals surface area contributed by atoms with Crippen molar-refractivity contribution in [2.75, 3.05) is 19.6 Å². The normalized spacial score (nSPS) is 16.0. The third kappa shape index (κ3) is 2.88. The summed E-state index contributed by atoms with van der Waals surface area (Å²) in [6, 6.07) is 5.92. The van der Waals surface area contributed by atoms with Crippen molar-refractivity contribution in [1.29, 1.82) is 0 Å². The first-order valence-electron chi connectivity index (χ1n) is 5.67. The highest BCUT2D eigenvalue weighted by Gasteiger charge is 2.17. The molecule has 1 aromatic carbocycles. The lowest BCUT2D eigenvalue weighted by Gasteiger charge is -2.12. The van der Waals surface area contributed by atoms with Crippen LogP contribution in [0.15, 0.2) is 24.3 Å². The summed E-state index contributed by atoms with van der Waals surface area (Å²) >= 11 is 0. The molecule has 1 aromatic rings. The van der Waals surface area contributed by atoms with E-state index in [1.54, 1.807) is 12.1 Å². The molecule has 0 N–H and O–H groups in total. The van der Waals surface area contributed by atoms with Gasteiger partial charge in [-0.25, -0.2) is 0 Å². The van der Waals surface area contributed by atoms with Gasteiger partial charge in [-0.3, -0.25) is 19.8 Å². The third-order valence-electron chi connectivity index (χ3n) is 2.94. The van der Waals surface area contributed by atoms with Crippen molar-refractivity contribution in [3.8, 4) is 0 Å². The second-order valence-corrected chi connectivity index (χ2v) is 4.21. The lowest BCUT2D eigenvalue weighted by atomic mass is 10.1. The molecule has 1 heterocycles. The van der Waals surface area contributed by atoms with Crippen molar-refractivity contribution in [3.63, 3.8) is 0 Å². The molecule has 1 fully saturated rings. The molecular formula is C12H14N2O3. The molecule has 0 saturated carbocycles. The Bertz CT molecular complexity index is 439. The van der Waals surface area contributed by atoms with Gasteiger partial charge in [-0.05, 0) is 25.9 Å². The Kier molecular flexibility index (Phi) is 3.49. The maximum atomic E-state index is 11.9. The van der Waals surface area contributed by atoms with Gasteiger partial charge in [0.1, 0.15) is 0 Å². The first-order chi connectivity index (χ1) is 8.16. The Balaban J connectivity index is 2.07. The monoisotopic (exact) mass is 234 g/mol. The maximum Gasteiger partial charge on any atom is 0.270 e. The molecule has 0 amide bonds. The minimum atomic E-state index is -0.480. The van der Waals surface area contributed by atoms with Crippen molar-refractivity contribution >= 4 is 11.5 Å². The number of likely N-dealkylation sites (tertiary alicyclic amines) is 1. The van der Waals surface area contributed by atoms with Crippen LogP contribution in [0.4, 0.5) is 5.69 Å². The van der Waals surface area contributed by atoms with Crippen LogP contribution in [-0.4, -0.2) is 35.2 Å². The number of carbonyl (C=O) groups excluding carboxylic acids is 1. The molecule has 5 heteroatoms. The highest BCUT2D eigenvalue weighted by molar-refractivity contribution is 5.98. The second kappa shape index (κ2) is 5.05. The van der Waals surface area contributed by atoms with Gasteiger partial charge in [-0.15, -0.1) is 0 Å². The van der Waals surface area contributed by atoms with E-state index in [1.807, 2.05) is 0 Å². The molecule has 90 valence electrons. The van der Waals surface area contributed by atoms with Crippen LogP contribution in [0.25, 0.3) is 0 Å². The zero-order chi connectivity index (χ0) is 12.3. The number of nitrogens with zero attached hydrogens (tertiary/aromatic N) is 2.